The summed E-state index contributed by atoms with van der Waals surface area (Å²) in [6.45, 7) is 0.181. The average molecular weight is 405 g/mol. The van der Waals surface area contributed by atoms with Gasteiger partial charge in [0, 0.05) is 17.7 Å². The van der Waals surface area contributed by atoms with Crippen LogP contribution in [0, 0.1) is 0 Å². The Morgan fingerprint density at radius 3 is 2.28 bits per heavy atom. The fourth-order valence-electron chi connectivity index (χ4n) is 3.12. The van der Waals surface area contributed by atoms with Crippen molar-refractivity contribution in [2.45, 2.75) is 11.3 Å². The summed E-state index contributed by atoms with van der Waals surface area (Å²) < 4.78 is 26.6. The molecule has 0 atom stereocenters. The Morgan fingerprint density at radius 2 is 1.52 bits per heavy atom. The minimum atomic E-state index is -3.56. The molecule has 2 N–H and O–H groups in total. The van der Waals surface area contributed by atoms with Gasteiger partial charge in [0.1, 0.15) is 5.84 Å². The number of nitrogens with zero attached hydrogens (tertiary/aromatic N) is 1. The van der Waals surface area contributed by atoms with E-state index in [1.165, 1.54) is 6.07 Å². The number of anilines is 1. The standard InChI is InChI=1S/C22H19N3O3S/c26-21(24-18-12-10-17(11-13-18)16-6-2-1-3-7-16)14-15-23-22-19-8-4-5-9-20(19)29(27,28)25-22/h1-13H,14-15H2,(H,23,25)(H,24,26). The Balaban J connectivity index is 1.36. The molecule has 1 aliphatic heterocycles. The van der Waals surface area contributed by atoms with Gasteiger partial charge in [-0.3, -0.25) is 14.5 Å². The van der Waals surface area contributed by atoms with E-state index in [2.05, 4.69) is 15.0 Å². The van der Waals surface area contributed by atoms with Crippen molar-refractivity contribution in [1.29, 1.82) is 0 Å². The number of nitrogens with one attached hydrogen (secondary N) is 2. The van der Waals surface area contributed by atoms with Gasteiger partial charge >= 0.3 is 0 Å². The van der Waals surface area contributed by atoms with Crippen molar-refractivity contribution in [3.8, 4) is 11.1 Å². The van der Waals surface area contributed by atoms with Crippen LogP contribution in [-0.2, 0) is 14.8 Å². The Kier molecular flexibility index (Phi) is 5.14. The molecule has 1 aliphatic rings. The topological polar surface area (TPSA) is 87.6 Å². The quantitative estimate of drug-likeness (QED) is 0.682. The summed E-state index contributed by atoms with van der Waals surface area (Å²) >= 11 is 0. The van der Waals surface area contributed by atoms with Gasteiger partial charge in [0.25, 0.3) is 10.0 Å². The second-order valence-electron chi connectivity index (χ2n) is 6.57. The first-order valence-corrected chi connectivity index (χ1v) is 10.6. The maximum atomic E-state index is 12.2. The van der Waals surface area contributed by atoms with Gasteiger partial charge in [-0.1, -0.05) is 54.6 Å². The molecule has 1 heterocycles. The van der Waals surface area contributed by atoms with Gasteiger partial charge < -0.3 is 5.32 Å². The highest BCUT2D eigenvalue weighted by molar-refractivity contribution is 7.90. The van der Waals surface area contributed by atoms with Crippen molar-refractivity contribution >= 4 is 27.5 Å². The molecule has 0 unspecified atom stereocenters. The third-order valence-electron chi connectivity index (χ3n) is 4.55. The number of hydrogen-bond donors (Lipinski definition) is 2. The summed E-state index contributed by atoms with van der Waals surface area (Å²) in [5.74, 6) is 0.0940. The number of amidine groups is 1. The lowest BCUT2D eigenvalue weighted by molar-refractivity contribution is -0.116. The lowest BCUT2D eigenvalue weighted by atomic mass is 10.1. The molecule has 7 heteroatoms. The molecule has 0 fully saturated rings. The SMILES string of the molecule is O=C(CCN=C1NS(=O)(=O)c2ccccc21)Nc1ccc(-c2ccccc2)cc1. The van der Waals surface area contributed by atoms with Crippen LogP contribution in [0.4, 0.5) is 5.69 Å². The number of aliphatic imine (C=N–C) groups is 1. The summed E-state index contributed by atoms with van der Waals surface area (Å²) in [5, 5.41) is 2.83. The van der Waals surface area contributed by atoms with E-state index in [0.717, 1.165) is 11.1 Å². The van der Waals surface area contributed by atoms with E-state index in [-0.39, 0.29) is 29.6 Å². The van der Waals surface area contributed by atoms with Crippen molar-refractivity contribution in [2.24, 2.45) is 4.99 Å². The van der Waals surface area contributed by atoms with Crippen molar-refractivity contribution in [1.82, 2.24) is 4.72 Å². The summed E-state index contributed by atoms with van der Waals surface area (Å²) in [7, 11) is -3.56. The lowest BCUT2D eigenvalue weighted by Crippen LogP contribution is -2.23. The monoisotopic (exact) mass is 405 g/mol. The Hall–Kier alpha value is -3.45. The first kappa shape index (κ1) is 18.9. The van der Waals surface area contributed by atoms with Crippen LogP contribution in [-0.4, -0.2) is 26.7 Å². The van der Waals surface area contributed by atoms with E-state index in [9.17, 15) is 13.2 Å². The van der Waals surface area contributed by atoms with E-state index >= 15 is 0 Å². The van der Waals surface area contributed by atoms with Crippen LogP contribution < -0.4 is 10.0 Å². The van der Waals surface area contributed by atoms with Crippen molar-refractivity contribution in [3.05, 3.63) is 84.4 Å². The van der Waals surface area contributed by atoms with Crippen LogP contribution in [0.3, 0.4) is 0 Å². The normalized spacial score (nSPS) is 15.5. The molecule has 29 heavy (non-hydrogen) atoms. The number of amides is 1. The molecular formula is C22H19N3O3S. The summed E-state index contributed by atoms with van der Waals surface area (Å²) in [6, 6.07) is 24.3. The molecule has 6 nitrogen and oxygen atoms in total. The largest absolute Gasteiger partial charge is 0.326 e. The molecule has 0 bridgehead atoms. The van der Waals surface area contributed by atoms with E-state index in [0.29, 0.717) is 11.3 Å². The van der Waals surface area contributed by atoms with Gasteiger partial charge in [0.05, 0.1) is 11.4 Å². The number of carbonyl (C=O) groups is 1. The maximum Gasteiger partial charge on any atom is 0.263 e. The van der Waals surface area contributed by atoms with Gasteiger partial charge in [-0.15, -0.1) is 0 Å². The molecule has 4 rings (SSSR count). The lowest BCUT2D eigenvalue weighted by Gasteiger charge is -2.06. The minimum Gasteiger partial charge on any atom is -0.326 e. The summed E-state index contributed by atoms with van der Waals surface area (Å²) in [4.78, 5) is 16.7. The summed E-state index contributed by atoms with van der Waals surface area (Å²) in [5.41, 5.74) is 3.42. The van der Waals surface area contributed by atoms with Crippen LogP contribution in [0.15, 0.2) is 88.8 Å². The van der Waals surface area contributed by atoms with Crippen LogP contribution in [0.5, 0.6) is 0 Å². The van der Waals surface area contributed by atoms with Crippen LogP contribution in [0.25, 0.3) is 11.1 Å². The highest BCUT2D eigenvalue weighted by Crippen LogP contribution is 2.23. The highest BCUT2D eigenvalue weighted by Gasteiger charge is 2.29. The zero-order chi connectivity index (χ0) is 20.3. The van der Waals surface area contributed by atoms with Gasteiger partial charge in [-0.25, -0.2) is 8.42 Å². The molecular weight excluding hydrogens is 386 g/mol. The highest BCUT2D eigenvalue weighted by atomic mass is 32.2. The van der Waals surface area contributed by atoms with Gasteiger partial charge in [0.2, 0.25) is 5.91 Å². The van der Waals surface area contributed by atoms with E-state index in [1.54, 1.807) is 18.2 Å². The van der Waals surface area contributed by atoms with Crippen molar-refractivity contribution in [2.75, 3.05) is 11.9 Å². The molecule has 0 saturated carbocycles. The number of hydrogen-bond acceptors (Lipinski definition) is 4. The Bertz CT molecular complexity index is 1170. The molecule has 0 aliphatic carbocycles. The molecule has 0 aromatic heterocycles. The zero-order valence-corrected chi connectivity index (χ0v) is 16.3. The van der Waals surface area contributed by atoms with Crippen molar-refractivity contribution in [3.63, 3.8) is 0 Å². The second kappa shape index (κ2) is 7.89. The maximum absolute atomic E-state index is 12.2. The fourth-order valence-corrected chi connectivity index (χ4v) is 4.37. The first-order chi connectivity index (χ1) is 14.0. The molecule has 0 radical (unpaired) electrons. The predicted molar refractivity (Wildman–Crippen MR) is 113 cm³/mol. The fraction of sp³-hybridized carbons (Fsp3) is 0.0909. The van der Waals surface area contributed by atoms with Gasteiger partial charge in [-0.2, -0.15) is 0 Å². The predicted octanol–water partition coefficient (Wildman–Crippen LogP) is 3.42. The Morgan fingerprint density at radius 1 is 0.862 bits per heavy atom. The van der Waals surface area contributed by atoms with E-state index < -0.39 is 10.0 Å². The van der Waals surface area contributed by atoms with Crippen molar-refractivity contribution < 1.29 is 13.2 Å². The van der Waals surface area contributed by atoms with Crippen LogP contribution >= 0.6 is 0 Å². The molecule has 1 amide bonds. The molecule has 0 spiro atoms. The van der Waals surface area contributed by atoms with Gasteiger partial charge in [-0.05, 0) is 35.4 Å². The molecule has 3 aromatic rings. The number of carbonyl (C=O) groups excluding carboxylic acids is 1. The molecule has 3 aromatic carbocycles. The Labute approximate surface area is 169 Å². The van der Waals surface area contributed by atoms with Gasteiger partial charge in [0.15, 0.2) is 0 Å². The number of fused-ring (bicyclic) bond motifs is 1. The van der Waals surface area contributed by atoms with E-state index in [1.807, 2.05) is 54.6 Å². The zero-order valence-electron chi connectivity index (χ0n) is 15.5. The van der Waals surface area contributed by atoms with Crippen LogP contribution in [0.1, 0.15) is 12.0 Å². The molecule has 146 valence electrons. The minimum absolute atomic E-state index is 0.147. The third kappa shape index (κ3) is 4.20. The molecule has 0 saturated heterocycles. The number of benzene rings is 3. The average Bonchev–Trinajstić information content (AvgIpc) is 3.00. The number of sulfonamides is 1. The third-order valence-corrected chi connectivity index (χ3v) is 5.94. The first-order valence-electron chi connectivity index (χ1n) is 9.15. The summed E-state index contributed by atoms with van der Waals surface area (Å²) in [6.07, 6.45) is 0.147. The van der Waals surface area contributed by atoms with Crippen LogP contribution in [0.2, 0.25) is 0 Å². The smallest absolute Gasteiger partial charge is 0.263 e. The number of rotatable bonds is 5. The second-order valence-corrected chi connectivity index (χ2v) is 8.22. The van der Waals surface area contributed by atoms with E-state index in [4.69, 9.17) is 0 Å².